The fraction of sp³-hybridized carbons (Fsp3) is 0.625. The highest BCUT2D eigenvalue weighted by Gasteiger charge is 2.20. The second-order valence-electron chi connectivity index (χ2n) is 5.85. The maximum Gasteiger partial charge on any atom is 0.122 e. The molecule has 0 amide bonds. The summed E-state index contributed by atoms with van der Waals surface area (Å²) in [4.78, 5) is 0. The lowest BCUT2D eigenvalue weighted by atomic mass is 9.84. The molecule has 0 aliphatic carbocycles. The van der Waals surface area contributed by atoms with E-state index in [0.29, 0.717) is 29.4 Å². The molecule has 1 aromatic rings. The van der Waals surface area contributed by atoms with Crippen LogP contribution in [0.25, 0.3) is 0 Å². The van der Waals surface area contributed by atoms with Gasteiger partial charge in [-0.2, -0.15) is 0 Å². The van der Waals surface area contributed by atoms with Crippen LogP contribution in [0.15, 0.2) is 18.2 Å². The molecule has 0 fully saturated rings. The SMILES string of the molecule is CC(C)C(C)c1cccc(C(C)C(C)C)c1O. The lowest BCUT2D eigenvalue weighted by Gasteiger charge is -2.23. The van der Waals surface area contributed by atoms with Crippen molar-refractivity contribution in [2.24, 2.45) is 11.8 Å². The van der Waals surface area contributed by atoms with E-state index in [0.717, 1.165) is 11.1 Å². The second-order valence-corrected chi connectivity index (χ2v) is 5.85. The van der Waals surface area contributed by atoms with Crippen molar-refractivity contribution in [3.8, 4) is 5.75 Å². The van der Waals surface area contributed by atoms with Gasteiger partial charge in [0.25, 0.3) is 0 Å². The van der Waals surface area contributed by atoms with Gasteiger partial charge >= 0.3 is 0 Å². The first-order valence-electron chi connectivity index (χ1n) is 6.68. The largest absolute Gasteiger partial charge is 0.507 e. The molecule has 0 aliphatic heterocycles. The van der Waals surface area contributed by atoms with Crippen LogP contribution in [0.1, 0.15) is 64.5 Å². The zero-order valence-corrected chi connectivity index (χ0v) is 12.0. The molecule has 2 unspecified atom stereocenters. The Labute approximate surface area is 106 Å². The van der Waals surface area contributed by atoms with Crippen LogP contribution in [0.5, 0.6) is 5.75 Å². The third kappa shape index (κ3) is 3.02. The van der Waals surface area contributed by atoms with Crippen LogP contribution in [-0.4, -0.2) is 5.11 Å². The first-order valence-corrected chi connectivity index (χ1v) is 6.68. The van der Waals surface area contributed by atoms with Crippen molar-refractivity contribution in [3.05, 3.63) is 29.3 Å². The monoisotopic (exact) mass is 234 g/mol. The van der Waals surface area contributed by atoms with Crippen molar-refractivity contribution in [1.82, 2.24) is 0 Å². The van der Waals surface area contributed by atoms with E-state index < -0.39 is 0 Å². The normalized spacial score (nSPS) is 15.3. The van der Waals surface area contributed by atoms with E-state index in [1.807, 2.05) is 0 Å². The fourth-order valence-electron chi connectivity index (χ4n) is 2.03. The van der Waals surface area contributed by atoms with Gasteiger partial charge in [-0.1, -0.05) is 59.7 Å². The van der Waals surface area contributed by atoms with Gasteiger partial charge in [0, 0.05) is 0 Å². The molecule has 2 atom stereocenters. The minimum absolute atomic E-state index is 0.398. The van der Waals surface area contributed by atoms with Gasteiger partial charge in [0.1, 0.15) is 5.75 Å². The van der Waals surface area contributed by atoms with E-state index >= 15 is 0 Å². The fourth-order valence-corrected chi connectivity index (χ4v) is 2.03. The Hall–Kier alpha value is -0.980. The Morgan fingerprint density at radius 1 is 0.765 bits per heavy atom. The highest BCUT2D eigenvalue weighted by atomic mass is 16.3. The number of phenolic OH excluding ortho intramolecular Hbond substituents is 1. The third-order valence-electron chi connectivity index (χ3n) is 4.08. The number of phenols is 1. The first-order chi connectivity index (χ1) is 7.86. The van der Waals surface area contributed by atoms with Gasteiger partial charge in [-0.15, -0.1) is 0 Å². The summed E-state index contributed by atoms with van der Waals surface area (Å²) in [6, 6.07) is 6.18. The van der Waals surface area contributed by atoms with Gasteiger partial charge in [0.15, 0.2) is 0 Å². The van der Waals surface area contributed by atoms with Crippen LogP contribution in [0, 0.1) is 11.8 Å². The van der Waals surface area contributed by atoms with Gasteiger partial charge in [0.2, 0.25) is 0 Å². The Morgan fingerprint density at radius 2 is 1.12 bits per heavy atom. The van der Waals surface area contributed by atoms with Gasteiger partial charge in [-0.05, 0) is 34.8 Å². The Morgan fingerprint density at radius 3 is 1.41 bits per heavy atom. The van der Waals surface area contributed by atoms with Gasteiger partial charge in [-0.25, -0.2) is 0 Å². The molecule has 96 valence electrons. The number of hydrogen-bond acceptors (Lipinski definition) is 1. The minimum Gasteiger partial charge on any atom is -0.507 e. The summed E-state index contributed by atoms with van der Waals surface area (Å²) in [5, 5.41) is 10.4. The average Bonchev–Trinajstić information content (AvgIpc) is 2.27. The topological polar surface area (TPSA) is 20.2 Å². The van der Waals surface area contributed by atoms with Crippen molar-refractivity contribution in [3.63, 3.8) is 0 Å². The van der Waals surface area contributed by atoms with E-state index in [1.54, 1.807) is 0 Å². The maximum absolute atomic E-state index is 10.4. The molecule has 1 aromatic carbocycles. The number of para-hydroxylation sites is 1. The molecule has 0 bridgehead atoms. The van der Waals surface area contributed by atoms with E-state index in [2.05, 4.69) is 59.7 Å². The first kappa shape index (κ1) is 14.1. The standard InChI is InChI=1S/C16H26O/c1-10(2)12(5)14-8-7-9-15(16(14)17)13(6)11(3)4/h7-13,17H,1-6H3. The summed E-state index contributed by atoms with van der Waals surface area (Å²) in [6.45, 7) is 13.2. The van der Waals surface area contributed by atoms with Crippen molar-refractivity contribution >= 4 is 0 Å². The molecular weight excluding hydrogens is 208 g/mol. The van der Waals surface area contributed by atoms with E-state index in [9.17, 15) is 5.11 Å². The Balaban J connectivity index is 3.16. The van der Waals surface area contributed by atoms with Gasteiger partial charge in [0.05, 0.1) is 0 Å². The second kappa shape index (κ2) is 5.57. The number of hydrogen-bond donors (Lipinski definition) is 1. The van der Waals surface area contributed by atoms with Gasteiger partial charge in [-0.3, -0.25) is 0 Å². The molecule has 0 spiro atoms. The summed E-state index contributed by atoms with van der Waals surface area (Å²) in [5.74, 6) is 2.40. The molecule has 0 radical (unpaired) electrons. The third-order valence-corrected chi connectivity index (χ3v) is 4.08. The lowest BCUT2D eigenvalue weighted by molar-refractivity contribution is 0.424. The predicted molar refractivity (Wildman–Crippen MR) is 74.6 cm³/mol. The van der Waals surface area contributed by atoms with Gasteiger partial charge < -0.3 is 5.11 Å². The molecule has 0 aliphatic rings. The zero-order valence-electron chi connectivity index (χ0n) is 12.0. The number of benzene rings is 1. The molecule has 0 aromatic heterocycles. The summed E-state index contributed by atoms with van der Waals surface area (Å²) in [7, 11) is 0. The van der Waals surface area contributed by atoms with Crippen LogP contribution in [-0.2, 0) is 0 Å². The molecule has 0 heterocycles. The molecule has 1 N–H and O–H groups in total. The molecule has 1 heteroatoms. The maximum atomic E-state index is 10.4. The minimum atomic E-state index is 0.398. The summed E-state index contributed by atoms with van der Waals surface area (Å²) < 4.78 is 0. The molecular formula is C16H26O. The smallest absolute Gasteiger partial charge is 0.122 e. The van der Waals surface area contributed by atoms with Crippen LogP contribution in [0.4, 0.5) is 0 Å². The molecule has 17 heavy (non-hydrogen) atoms. The molecule has 0 saturated carbocycles. The van der Waals surface area contributed by atoms with E-state index in [-0.39, 0.29) is 0 Å². The van der Waals surface area contributed by atoms with Crippen LogP contribution in [0.2, 0.25) is 0 Å². The Bertz CT molecular complexity index is 334. The van der Waals surface area contributed by atoms with E-state index in [1.165, 1.54) is 0 Å². The summed E-state index contributed by atoms with van der Waals surface area (Å²) in [5.41, 5.74) is 2.18. The quantitative estimate of drug-likeness (QED) is 0.784. The highest BCUT2D eigenvalue weighted by molar-refractivity contribution is 5.44. The molecule has 1 nitrogen and oxygen atoms in total. The Kier molecular flexibility index (Phi) is 4.62. The molecule has 0 saturated heterocycles. The predicted octanol–water partition coefficient (Wildman–Crippen LogP) is 4.91. The lowest BCUT2D eigenvalue weighted by Crippen LogP contribution is -2.07. The van der Waals surface area contributed by atoms with Crippen molar-refractivity contribution < 1.29 is 5.11 Å². The van der Waals surface area contributed by atoms with Crippen LogP contribution < -0.4 is 0 Å². The zero-order chi connectivity index (χ0) is 13.2. The van der Waals surface area contributed by atoms with Crippen molar-refractivity contribution in [2.75, 3.05) is 0 Å². The highest BCUT2D eigenvalue weighted by Crippen LogP contribution is 2.38. The average molecular weight is 234 g/mol. The number of aromatic hydroxyl groups is 1. The van der Waals surface area contributed by atoms with Crippen molar-refractivity contribution in [2.45, 2.75) is 53.4 Å². The number of rotatable bonds is 4. The summed E-state index contributed by atoms with van der Waals surface area (Å²) in [6.07, 6.45) is 0. The summed E-state index contributed by atoms with van der Waals surface area (Å²) >= 11 is 0. The molecule has 1 rings (SSSR count). The van der Waals surface area contributed by atoms with Crippen LogP contribution >= 0.6 is 0 Å². The van der Waals surface area contributed by atoms with Crippen LogP contribution in [0.3, 0.4) is 0 Å². The van der Waals surface area contributed by atoms with E-state index in [4.69, 9.17) is 0 Å². The van der Waals surface area contributed by atoms with Crippen molar-refractivity contribution in [1.29, 1.82) is 0 Å².